The topological polar surface area (TPSA) is 35.5 Å². The van der Waals surface area contributed by atoms with Crippen LogP contribution < -0.4 is 9.47 Å². The lowest BCUT2D eigenvalue weighted by molar-refractivity contribution is -0.227. The minimum absolute atomic E-state index is 0.0139. The van der Waals surface area contributed by atoms with E-state index in [0.29, 0.717) is 12.5 Å². The molecule has 1 aliphatic carbocycles. The molecule has 0 spiro atoms. The first-order chi connectivity index (χ1) is 17.4. The smallest absolute Gasteiger partial charge is 0.346 e. The molecule has 0 heterocycles. The zero-order valence-corrected chi connectivity index (χ0v) is 19.3. The van der Waals surface area contributed by atoms with E-state index in [0.717, 1.165) is 30.3 Å². The van der Waals surface area contributed by atoms with Crippen molar-refractivity contribution in [3.05, 3.63) is 81.9 Å². The molecule has 4 rings (SSSR count). The van der Waals surface area contributed by atoms with Crippen LogP contribution in [0.1, 0.15) is 47.3 Å². The molecule has 0 amide bonds. The van der Waals surface area contributed by atoms with E-state index in [1.54, 1.807) is 6.92 Å². The predicted molar refractivity (Wildman–Crippen MR) is 116 cm³/mol. The second-order valence-corrected chi connectivity index (χ2v) is 8.22. The average molecular weight is 530 g/mol. The van der Waals surface area contributed by atoms with Crippen molar-refractivity contribution in [2.24, 2.45) is 0 Å². The van der Waals surface area contributed by atoms with Gasteiger partial charge in [-0.25, -0.2) is 18.0 Å². The normalized spacial score (nSPS) is 15.1. The molecule has 0 aliphatic heterocycles. The van der Waals surface area contributed by atoms with Crippen LogP contribution in [0.3, 0.4) is 0 Å². The van der Waals surface area contributed by atoms with Crippen LogP contribution >= 0.6 is 0 Å². The highest BCUT2D eigenvalue weighted by Gasteiger charge is 2.65. The Morgan fingerprint density at radius 3 is 1.89 bits per heavy atom. The first-order valence-electron chi connectivity index (χ1n) is 11.1. The third-order valence-electron chi connectivity index (χ3n) is 5.93. The standard InChI is InChI=1S/C26H18F8O3/c1-3-5-12-6-10-17(23(30)20(12)27)37-24(35)15-8-7-13-14-9-11-16(36-4-2)22(29)19(14)26(33,34)25(31,32)18(13)21(15)28/h6-11H,3-5H2,1-2H3. The fraction of sp³-hybridized carbons (Fsp3) is 0.269. The Morgan fingerprint density at radius 1 is 0.730 bits per heavy atom. The van der Waals surface area contributed by atoms with Gasteiger partial charge in [-0.3, -0.25) is 0 Å². The molecule has 37 heavy (non-hydrogen) atoms. The van der Waals surface area contributed by atoms with Crippen molar-refractivity contribution in [2.75, 3.05) is 6.61 Å². The van der Waals surface area contributed by atoms with Crippen molar-refractivity contribution in [1.82, 2.24) is 0 Å². The number of hydrogen-bond donors (Lipinski definition) is 0. The van der Waals surface area contributed by atoms with Crippen molar-refractivity contribution in [3.8, 4) is 22.6 Å². The summed E-state index contributed by atoms with van der Waals surface area (Å²) in [5.41, 5.74) is -6.32. The second-order valence-electron chi connectivity index (χ2n) is 8.22. The lowest BCUT2D eigenvalue weighted by atomic mass is 9.79. The molecule has 11 heteroatoms. The first kappa shape index (κ1) is 26.4. The molecule has 0 saturated heterocycles. The molecule has 3 aromatic rings. The number of benzene rings is 3. The van der Waals surface area contributed by atoms with Gasteiger partial charge in [-0.05, 0) is 54.3 Å². The van der Waals surface area contributed by atoms with Gasteiger partial charge in [0.1, 0.15) is 5.82 Å². The molecule has 0 bridgehead atoms. The third kappa shape index (κ3) is 4.00. The Balaban J connectivity index is 1.82. The Bertz CT molecular complexity index is 1400. The van der Waals surface area contributed by atoms with Gasteiger partial charge in [0.05, 0.1) is 23.3 Å². The zero-order valence-electron chi connectivity index (χ0n) is 19.3. The minimum atomic E-state index is -5.31. The van der Waals surface area contributed by atoms with Crippen molar-refractivity contribution < 1.29 is 49.4 Å². The summed E-state index contributed by atoms with van der Waals surface area (Å²) >= 11 is 0. The highest BCUT2D eigenvalue weighted by molar-refractivity contribution is 5.93. The third-order valence-corrected chi connectivity index (χ3v) is 5.93. The summed E-state index contributed by atoms with van der Waals surface area (Å²) in [4.78, 5) is 12.5. The van der Waals surface area contributed by atoms with E-state index < -0.39 is 80.4 Å². The lowest BCUT2D eigenvalue weighted by Crippen LogP contribution is -2.41. The van der Waals surface area contributed by atoms with Crippen molar-refractivity contribution >= 4 is 5.97 Å². The number of alkyl halides is 4. The second kappa shape index (κ2) is 9.35. The summed E-state index contributed by atoms with van der Waals surface area (Å²) in [5.74, 6) is -20.6. The number of halogens is 8. The monoisotopic (exact) mass is 530 g/mol. The Hall–Kier alpha value is -3.63. The molecule has 3 nitrogen and oxygen atoms in total. The van der Waals surface area contributed by atoms with Crippen molar-refractivity contribution in [1.29, 1.82) is 0 Å². The van der Waals surface area contributed by atoms with Crippen LogP contribution in [0.4, 0.5) is 35.1 Å². The number of esters is 1. The van der Waals surface area contributed by atoms with Gasteiger partial charge in [0.15, 0.2) is 23.1 Å². The molecule has 0 radical (unpaired) electrons. The molecule has 0 unspecified atom stereocenters. The highest BCUT2D eigenvalue weighted by Crippen LogP contribution is 2.60. The van der Waals surface area contributed by atoms with E-state index in [1.165, 1.54) is 6.92 Å². The van der Waals surface area contributed by atoms with Gasteiger partial charge < -0.3 is 9.47 Å². The molecule has 196 valence electrons. The molecule has 0 saturated carbocycles. The summed E-state index contributed by atoms with van der Waals surface area (Å²) in [6, 6.07) is 5.20. The van der Waals surface area contributed by atoms with Gasteiger partial charge in [0.25, 0.3) is 0 Å². The van der Waals surface area contributed by atoms with Crippen LogP contribution in [0.2, 0.25) is 0 Å². The number of hydrogen-bond acceptors (Lipinski definition) is 3. The van der Waals surface area contributed by atoms with E-state index in [2.05, 4.69) is 4.74 Å². The van der Waals surface area contributed by atoms with Crippen LogP contribution in [-0.2, 0) is 18.3 Å². The number of rotatable bonds is 6. The SMILES string of the molecule is CCCc1ccc(OC(=O)c2ccc3c(c2F)C(F)(F)C(F)(F)c2c-3ccc(OCC)c2F)c(F)c1F. The van der Waals surface area contributed by atoms with E-state index in [1.807, 2.05) is 0 Å². The van der Waals surface area contributed by atoms with Gasteiger partial charge in [-0.1, -0.05) is 25.5 Å². The van der Waals surface area contributed by atoms with E-state index in [4.69, 9.17) is 4.74 Å². The maximum Gasteiger partial charge on any atom is 0.346 e. The Morgan fingerprint density at radius 2 is 1.30 bits per heavy atom. The molecule has 0 atom stereocenters. The number of fused-ring (bicyclic) bond motifs is 3. The Labute approximate surface area is 205 Å². The van der Waals surface area contributed by atoms with Gasteiger partial charge in [-0.15, -0.1) is 0 Å². The summed E-state index contributed by atoms with van der Waals surface area (Å²) in [7, 11) is 0. The van der Waals surface area contributed by atoms with Crippen LogP contribution in [0.15, 0.2) is 36.4 Å². The van der Waals surface area contributed by atoms with Gasteiger partial charge >= 0.3 is 17.8 Å². The molecule has 3 aromatic carbocycles. The van der Waals surface area contributed by atoms with Crippen molar-refractivity contribution in [2.45, 2.75) is 38.5 Å². The first-order valence-corrected chi connectivity index (χ1v) is 11.1. The van der Waals surface area contributed by atoms with E-state index in [-0.39, 0.29) is 18.6 Å². The number of aryl methyl sites for hydroxylation is 1. The highest BCUT2D eigenvalue weighted by atomic mass is 19.3. The van der Waals surface area contributed by atoms with E-state index >= 15 is 13.2 Å². The van der Waals surface area contributed by atoms with Crippen molar-refractivity contribution in [3.63, 3.8) is 0 Å². The molecule has 0 N–H and O–H groups in total. The maximum atomic E-state index is 15.3. The van der Waals surface area contributed by atoms with Crippen LogP contribution in [0, 0.1) is 23.3 Å². The molecular formula is C26H18F8O3. The molecule has 0 fully saturated rings. The number of carbonyl (C=O) groups excluding carboxylic acids is 1. The average Bonchev–Trinajstić information content (AvgIpc) is 2.83. The summed E-state index contributed by atoms with van der Waals surface area (Å²) in [6.07, 6.45) is 0.655. The zero-order chi connectivity index (χ0) is 27.3. The lowest BCUT2D eigenvalue weighted by Gasteiger charge is -2.35. The van der Waals surface area contributed by atoms with Gasteiger partial charge in [0.2, 0.25) is 5.82 Å². The molecular weight excluding hydrogens is 512 g/mol. The molecule has 1 aliphatic rings. The fourth-order valence-corrected chi connectivity index (χ4v) is 4.20. The van der Waals surface area contributed by atoms with Gasteiger partial charge in [-0.2, -0.15) is 22.0 Å². The largest absolute Gasteiger partial charge is 0.491 e. The summed E-state index contributed by atoms with van der Waals surface area (Å²) in [5, 5.41) is 0. The summed E-state index contributed by atoms with van der Waals surface area (Å²) in [6.45, 7) is 3.01. The van der Waals surface area contributed by atoms with Crippen LogP contribution in [-0.4, -0.2) is 12.6 Å². The quantitative estimate of drug-likeness (QED) is 0.186. The number of carbonyl (C=O) groups is 1. The fourth-order valence-electron chi connectivity index (χ4n) is 4.20. The Kier molecular flexibility index (Phi) is 6.68. The van der Waals surface area contributed by atoms with Crippen LogP contribution in [0.5, 0.6) is 11.5 Å². The number of ether oxygens (including phenoxy) is 2. The van der Waals surface area contributed by atoms with Gasteiger partial charge in [0, 0.05) is 0 Å². The molecule has 0 aromatic heterocycles. The minimum Gasteiger partial charge on any atom is -0.491 e. The van der Waals surface area contributed by atoms with Crippen LogP contribution in [0.25, 0.3) is 11.1 Å². The predicted octanol–water partition coefficient (Wildman–Crippen LogP) is 7.68. The van der Waals surface area contributed by atoms with E-state index in [9.17, 15) is 26.7 Å². The summed E-state index contributed by atoms with van der Waals surface area (Å²) < 4.78 is 128. The maximum absolute atomic E-state index is 15.3.